The standard InChI is InChI=1S/C16H21NO2/c1-3-4-5-6-7-8-9-11-15(18)12-10-13-16(19)14(2)17/h3-12,14H,13,17H2,1-2H3/b4-3+,6-5+,8-7+,11-9+,12-10+/t14-/m0/s1. The molecule has 0 aliphatic rings. The van der Waals surface area contributed by atoms with Gasteiger partial charge in [-0.25, -0.2) is 0 Å². The van der Waals surface area contributed by atoms with Crippen molar-refractivity contribution in [2.24, 2.45) is 5.73 Å². The molecule has 0 bridgehead atoms. The van der Waals surface area contributed by atoms with Crippen LogP contribution in [-0.2, 0) is 9.59 Å². The monoisotopic (exact) mass is 259 g/mol. The Hall–Kier alpha value is -2.00. The van der Waals surface area contributed by atoms with Crippen molar-refractivity contribution >= 4 is 11.6 Å². The van der Waals surface area contributed by atoms with Crippen molar-refractivity contribution in [2.45, 2.75) is 26.3 Å². The molecule has 0 unspecified atom stereocenters. The predicted molar refractivity (Wildman–Crippen MR) is 79.7 cm³/mol. The lowest BCUT2D eigenvalue weighted by molar-refractivity contribution is -0.119. The third kappa shape index (κ3) is 10.9. The van der Waals surface area contributed by atoms with E-state index in [2.05, 4.69) is 0 Å². The molecular weight excluding hydrogens is 238 g/mol. The van der Waals surface area contributed by atoms with Gasteiger partial charge in [0.25, 0.3) is 0 Å². The molecule has 0 aliphatic carbocycles. The number of allylic oxidation sites excluding steroid dienone is 10. The maximum absolute atomic E-state index is 11.4. The minimum absolute atomic E-state index is 0.0814. The van der Waals surface area contributed by atoms with Gasteiger partial charge in [-0.05, 0) is 26.0 Å². The highest BCUT2D eigenvalue weighted by Gasteiger charge is 2.03. The van der Waals surface area contributed by atoms with E-state index in [0.29, 0.717) is 0 Å². The van der Waals surface area contributed by atoms with Crippen LogP contribution >= 0.6 is 0 Å². The zero-order chi connectivity index (χ0) is 14.5. The summed E-state index contributed by atoms with van der Waals surface area (Å²) in [6, 6.07) is -0.484. The number of hydrogen-bond donors (Lipinski definition) is 1. The van der Waals surface area contributed by atoms with E-state index in [9.17, 15) is 9.59 Å². The Morgan fingerprint density at radius 1 is 1.00 bits per heavy atom. The molecule has 1 atom stereocenters. The molecule has 0 aromatic rings. The van der Waals surface area contributed by atoms with Crippen molar-refractivity contribution < 1.29 is 9.59 Å². The van der Waals surface area contributed by atoms with Gasteiger partial charge in [0, 0.05) is 6.42 Å². The van der Waals surface area contributed by atoms with E-state index in [1.807, 2.05) is 37.3 Å². The van der Waals surface area contributed by atoms with Crippen molar-refractivity contribution in [3.05, 3.63) is 60.8 Å². The molecule has 0 amide bonds. The molecule has 2 N–H and O–H groups in total. The Morgan fingerprint density at radius 3 is 2.16 bits per heavy atom. The number of nitrogens with two attached hydrogens (primary N) is 1. The van der Waals surface area contributed by atoms with Crippen LogP contribution in [0.1, 0.15) is 20.3 Å². The van der Waals surface area contributed by atoms with Crippen LogP contribution in [0.2, 0.25) is 0 Å². The zero-order valence-corrected chi connectivity index (χ0v) is 11.5. The number of carbonyl (C=O) groups is 2. The Balaban J connectivity index is 4.04. The van der Waals surface area contributed by atoms with Gasteiger partial charge in [-0.15, -0.1) is 0 Å². The highest BCUT2D eigenvalue weighted by molar-refractivity contribution is 5.99. The minimum atomic E-state index is -0.484. The first-order chi connectivity index (χ1) is 9.07. The van der Waals surface area contributed by atoms with Crippen LogP contribution in [0.15, 0.2) is 60.8 Å². The first kappa shape index (κ1) is 17.0. The molecule has 102 valence electrons. The smallest absolute Gasteiger partial charge is 0.178 e. The van der Waals surface area contributed by atoms with Gasteiger partial charge >= 0.3 is 0 Å². The van der Waals surface area contributed by atoms with Crippen molar-refractivity contribution in [3.8, 4) is 0 Å². The lowest BCUT2D eigenvalue weighted by Gasteiger charge is -1.98. The Labute approximate surface area is 114 Å². The van der Waals surface area contributed by atoms with Crippen molar-refractivity contribution in [2.75, 3.05) is 0 Å². The average molecular weight is 259 g/mol. The Morgan fingerprint density at radius 2 is 1.58 bits per heavy atom. The average Bonchev–Trinajstić information content (AvgIpc) is 2.37. The van der Waals surface area contributed by atoms with E-state index in [1.54, 1.807) is 19.1 Å². The molecule has 0 aromatic heterocycles. The van der Waals surface area contributed by atoms with E-state index < -0.39 is 6.04 Å². The lowest BCUT2D eigenvalue weighted by atomic mass is 10.1. The second-order valence-electron chi connectivity index (χ2n) is 3.92. The van der Waals surface area contributed by atoms with Crippen molar-refractivity contribution in [1.29, 1.82) is 0 Å². The van der Waals surface area contributed by atoms with Gasteiger partial charge in [-0.1, -0.05) is 48.6 Å². The maximum atomic E-state index is 11.4. The van der Waals surface area contributed by atoms with Gasteiger partial charge in [-0.3, -0.25) is 9.59 Å². The van der Waals surface area contributed by atoms with Crippen LogP contribution < -0.4 is 5.73 Å². The molecule has 0 saturated heterocycles. The number of ketones is 2. The van der Waals surface area contributed by atoms with Crippen LogP contribution in [-0.4, -0.2) is 17.6 Å². The number of Topliss-reactive ketones (excluding diaryl/α,β-unsaturated/α-hetero) is 1. The highest BCUT2D eigenvalue weighted by Crippen LogP contribution is 1.92. The van der Waals surface area contributed by atoms with E-state index in [1.165, 1.54) is 18.2 Å². The fourth-order valence-corrected chi connectivity index (χ4v) is 1.05. The summed E-state index contributed by atoms with van der Waals surface area (Å²) in [4.78, 5) is 22.5. The quantitative estimate of drug-likeness (QED) is 0.538. The van der Waals surface area contributed by atoms with Crippen LogP contribution in [0.4, 0.5) is 0 Å². The van der Waals surface area contributed by atoms with Crippen LogP contribution in [0, 0.1) is 0 Å². The largest absolute Gasteiger partial charge is 0.322 e. The molecule has 19 heavy (non-hydrogen) atoms. The topological polar surface area (TPSA) is 60.2 Å². The molecule has 0 radical (unpaired) electrons. The zero-order valence-electron chi connectivity index (χ0n) is 11.5. The molecule has 0 fully saturated rings. The number of rotatable bonds is 8. The summed E-state index contributed by atoms with van der Waals surface area (Å²) in [7, 11) is 0. The molecule has 3 nitrogen and oxygen atoms in total. The molecule has 0 rings (SSSR count). The van der Waals surface area contributed by atoms with E-state index in [-0.39, 0.29) is 18.0 Å². The van der Waals surface area contributed by atoms with Gasteiger partial charge in [0.2, 0.25) is 0 Å². The van der Waals surface area contributed by atoms with Crippen molar-refractivity contribution in [1.82, 2.24) is 0 Å². The summed E-state index contributed by atoms with van der Waals surface area (Å²) >= 11 is 0. The summed E-state index contributed by atoms with van der Waals surface area (Å²) < 4.78 is 0. The van der Waals surface area contributed by atoms with Crippen molar-refractivity contribution in [3.63, 3.8) is 0 Å². The van der Waals surface area contributed by atoms with E-state index in [4.69, 9.17) is 5.73 Å². The summed E-state index contributed by atoms with van der Waals surface area (Å²) in [6.07, 6.45) is 17.4. The van der Waals surface area contributed by atoms with E-state index >= 15 is 0 Å². The molecule has 0 saturated carbocycles. The Kier molecular flexibility index (Phi) is 9.94. The van der Waals surface area contributed by atoms with Gasteiger partial charge in [0.15, 0.2) is 11.6 Å². The number of hydrogen-bond acceptors (Lipinski definition) is 3. The van der Waals surface area contributed by atoms with Gasteiger partial charge in [-0.2, -0.15) is 0 Å². The third-order valence-corrected chi connectivity index (χ3v) is 2.12. The Bertz CT molecular complexity index is 424. The number of carbonyl (C=O) groups excluding carboxylic acids is 2. The lowest BCUT2D eigenvalue weighted by Crippen LogP contribution is -2.25. The van der Waals surface area contributed by atoms with Crippen LogP contribution in [0.5, 0.6) is 0 Å². The molecular formula is C16H21NO2. The molecule has 0 aromatic carbocycles. The van der Waals surface area contributed by atoms with Gasteiger partial charge in [0.05, 0.1) is 6.04 Å². The second-order valence-corrected chi connectivity index (χ2v) is 3.92. The SMILES string of the molecule is C/C=C/C=C/C=C/C=C/C(=O)/C=C/CC(=O)[C@H](C)N. The maximum Gasteiger partial charge on any atom is 0.178 e. The molecule has 3 heteroatoms. The summed E-state index contributed by atoms with van der Waals surface area (Å²) in [5.74, 6) is -0.235. The highest BCUT2D eigenvalue weighted by atomic mass is 16.1. The van der Waals surface area contributed by atoms with Crippen LogP contribution in [0.3, 0.4) is 0 Å². The summed E-state index contributed by atoms with van der Waals surface area (Å²) in [5, 5.41) is 0. The van der Waals surface area contributed by atoms with Crippen LogP contribution in [0.25, 0.3) is 0 Å². The fraction of sp³-hybridized carbons (Fsp3) is 0.250. The normalized spacial score (nSPS) is 14.5. The third-order valence-electron chi connectivity index (χ3n) is 2.12. The molecule has 0 spiro atoms. The molecule has 0 heterocycles. The summed E-state index contributed by atoms with van der Waals surface area (Å²) in [5.41, 5.74) is 5.40. The first-order valence-corrected chi connectivity index (χ1v) is 6.19. The second kappa shape index (κ2) is 11.1. The minimum Gasteiger partial charge on any atom is -0.322 e. The first-order valence-electron chi connectivity index (χ1n) is 6.19. The molecule has 0 aliphatic heterocycles. The van der Waals surface area contributed by atoms with Gasteiger partial charge in [0.1, 0.15) is 0 Å². The summed E-state index contributed by atoms with van der Waals surface area (Å²) in [6.45, 7) is 3.57. The fourth-order valence-electron chi connectivity index (χ4n) is 1.05. The van der Waals surface area contributed by atoms with E-state index in [0.717, 1.165) is 0 Å². The van der Waals surface area contributed by atoms with Gasteiger partial charge < -0.3 is 5.73 Å². The predicted octanol–water partition coefficient (Wildman–Crippen LogP) is 2.66.